The molecule has 2 unspecified atom stereocenters. The van der Waals surface area contributed by atoms with Crippen LogP contribution < -0.4 is 5.32 Å². The molecule has 5 nitrogen and oxygen atoms in total. The fourth-order valence-corrected chi connectivity index (χ4v) is 2.96. The van der Waals surface area contributed by atoms with E-state index < -0.39 is 5.54 Å². The lowest BCUT2D eigenvalue weighted by atomic mass is 9.97. The maximum absolute atomic E-state index is 12.1. The number of carbonyl (C=O) groups excluding carboxylic acids is 1. The van der Waals surface area contributed by atoms with Crippen LogP contribution in [0, 0.1) is 0 Å². The van der Waals surface area contributed by atoms with Gasteiger partial charge < -0.3 is 14.5 Å². The number of likely N-dealkylation sites (tertiary alicyclic amines) is 1. The number of methoxy groups -OCH3 is 1. The zero-order valence-corrected chi connectivity index (χ0v) is 13.3. The first-order valence-electron chi connectivity index (χ1n) is 7.69. The van der Waals surface area contributed by atoms with Crippen LogP contribution in [0.1, 0.15) is 32.6 Å². The summed E-state index contributed by atoms with van der Waals surface area (Å²) in [4.78, 5) is 16.8. The molecule has 0 bridgehead atoms. The van der Waals surface area contributed by atoms with E-state index in [0.29, 0.717) is 12.1 Å². The molecule has 2 atom stereocenters. The highest BCUT2D eigenvalue weighted by Gasteiger charge is 2.39. The fraction of sp³-hybridized carbons (Fsp3) is 0.933. The van der Waals surface area contributed by atoms with Crippen LogP contribution in [0.5, 0.6) is 0 Å². The normalized spacial score (nSPS) is 26.8. The van der Waals surface area contributed by atoms with Crippen molar-refractivity contribution in [2.45, 2.75) is 50.2 Å². The van der Waals surface area contributed by atoms with E-state index in [1.807, 2.05) is 6.92 Å². The van der Waals surface area contributed by atoms with E-state index in [4.69, 9.17) is 4.74 Å². The Morgan fingerprint density at radius 2 is 2.10 bits per heavy atom. The first kappa shape index (κ1) is 15.7. The van der Waals surface area contributed by atoms with Gasteiger partial charge in [0, 0.05) is 25.2 Å². The van der Waals surface area contributed by atoms with E-state index in [2.05, 4.69) is 29.2 Å². The second kappa shape index (κ2) is 6.41. The monoisotopic (exact) mass is 283 g/mol. The maximum atomic E-state index is 12.1. The van der Waals surface area contributed by atoms with Gasteiger partial charge in [-0.2, -0.15) is 0 Å². The van der Waals surface area contributed by atoms with Crippen molar-refractivity contribution in [3.05, 3.63) is 0 Å². The Bertz CT molecular complexity index is 344. The molecule has 5 heteroatoms. The van der Waals surface area contributed by atoms with Gasteiger partial charge in [0.1, 0.15) is 5.54 Å². The van der Waals surface area contributed by atoms with Gasteiger partial charge in [-0.05, 0) is 53.2 Å². The zero-order valence-electron chi connectivity index (χ0n) is 13.3. The average Bonchev–Trinajstić information content (AvgIpc) is 3.08. The third kappa shape index (κ3) is 3.93. The van der Waals surface area contributed by atoms with Crippen LogP contribution in [0.15, 0.2) is 0 Å². The fourth-order valence-electron chi connectivity index (χ4n) is 2.96. The van der Waals surface area contributed by atoms with Crippen molar-refractivity contribution >= 4 is 5.97 Å². The van der Waals surface area contributed by atoms with Crippen molar-refractivity contribution in [3.63, 3.8) is 0 Å². The van der Waals surface area contributed by atoms with Crippen LogP contribution in [0.2, 0.25) is 0 Å². The molecule has 1 saturated carbocycles. The number of likely N-dealkylation sites (N-methyl/N-ethyl adjacent to an activating group) is 1. The lowest BCUT2D eigenvalue weighted by Gasteiger charge is -2.30. The van der Waals surface area contributed by atoms with E-state index >= 15 is 0 Å². The highest BCUT2D eigenvalue weighted by Crippen LogP contribution is 2.25. The Morgan fingerprint density at radius 3 is 2.60 bits per heavy atom. The van der Waals surface area contributed by atoms with Crippen molar-refractivity contribution < 1.29 is 9.53 Å². The third-order valence-corrected chi connectivity index (χ3v) is 4.64. The summed E-state index contributed by atoms with van der Waals surface area (Å²) in [7, 11) is 5.76. The van der Waals surface area contributed by atoms with E-state index in [9.17, 15) is 4.79 Å². The molecule has 20 heavy (non-hydrogen) atoms. The molecule has 1 saturated heterocycles. The van der Waals surface area contributed by atoms with Gasteiger partial charge in [-0.3, -0.25) is 10.1 Å². The standard InChI is InChI=1S/C15H29N3O2/c1-15(14(19)20-4,16-12-5-6-12)8-10-18-9-7-13(11-18)17(2)3/h12-13,16H,5-11H2,1-4H3. The number of hydrogen-bond acceptors (Lipinski definition) is 5. The van der Waals surface area contributed by atoms with Gasteiger partial charge >= 0.3 is 5.97 Å². The highest BCUT2D eigenvalue weighted by molar-refractivity contribution is 5.80. The molecule has 1 N–H and O–H groups in total. The number of nitrogens with zero attached hydrogens (tertiary/aromatic N) is 2. The molecule has 0 radical (unpaired) electrons. The molecule has 1 aliphatic carbocycles. The largest absolute Gasteiger partial charge is 0.468 e. The molecule has 0 aromatic heterocycles. The number of rotatable bonds is 7. The molecular weight excluding hydrogens is 254 g/mol. The number of hydrogen-bond donors (Lipinski definition) is 1. The second-order valence-corrected chi connectivity index (χ2v) is 6.70. The van der Waals surface area contributed by atoms with Crippen molar-refractivity contribution in [1.29, 1.82) is 0 Å². The molecule has 0 aromatic rings. The number of esters is 1. The average molecular weight is 283 g/mol. The summed E-state index contributed by atoms with van der Waals surface area (Å²) >= 11 is 0. The van der Waals surface area contributed by atoms with E-state index in [-0.39, 0.29) is 5.97 Å². The summed E-state index contributed by atoms with van der Waals surface area (Å²) in [5, 5.41) is 3.46. The molecule has 2 rings (SSSR count). The molecule has 116 valence electrons. The molecule has 2 aliphatic rings. The third-order valence-electron chi connectivity index (χ3n) is 4.64. The Morgan fingerprint density at radius 1 is 1.40 bits per heavy atom. The minimum Gasteiger partial charge on any atom is -0.468 e. The van der Waals surface area contributed by atoms with Gasteiger partial charge in [0.2, 0.25) is 0 Å². The number of ether oxygens (including phenoxy) is 1. The molecule has 1 heterocycles. The van der Waals surface area contributed by atoms with Gasteiger partial charge in [0.05, 0.1) is 7.11 Å². The van der Waals surface area contributed by atoms with Crippen LogP contribution in [-0.4, -0.2) is 74.2 Å². The first-order valence-corrected chi connectivity index (χ1v) is 7.69. The lowest BCUT2D eigenvalue weighted by Crippen LogP contribution is -2.52. The Labute approximate surface area is 122 Å². The number of nitrogens with one attached hydrogen (secondary N) is 1. The summed E-state index contributed by atoms with van der Waals surface area (Å²) in [6.07, 6.45) is 4.40. The quantitative estimate of drug-likeness (QED) is 0.697. The Hall–Kier alpha value is -0.650. The molecule has 2 fully saturated rings. The summed E-state index contributed by atoms with van der Waals surface area (Å²) < 4.78 is 4.99. The first-order chi connectivity index (χ1) is 9.44. The predicted octanol–water partition coefficient (Wildman–Crippen LogP) is 0.696. The summed E-state index contributed by atoms with van der Waals surface area (Å²) in [6, 6.07) is 1.16. The molecule has 0 spiro atoms. The van der Waals surface area contributed by atoms with Gasteiger partial charge in [-0.1, -0.05) is 0 Å². The van der Waals surface area contributed by atoms with Gasteiger partial charge in [0.25, 0.3) is 0 Å². The SMILES string of the molecule is COC(=O)C(C)(CCN1CCC(N(C)C)C1)NC1CC1. The van der Waals surface area contributed by atoms with Crippen LogP contribution in [0.25, 0.3) is 0 Å². The zero-order chi connectivity index (χ0) is 14.8. The van der Waals surface area contributed by atoms with Crippen molar-refractivity contribution in [2.24, 2.45) is 0 Å². The van der Waals surface area contributed by atoms with Crippen LogP contribution in [-0.2, 0) is 9.53 Å². The predicted molar refractivity (Wildman–Crippen MR) is 79.7 cm³/mol. The summed E-state index contributed by atoms with van der Waals surface area (Å²) in [6.45, 7) is 5.17. The van der Waals surface area contributed by atoms with Gasteiger partial charge in [-0.25, -0.2) is 0 Å². The number of carbonyl (C=O) groups is 1. The van der Waals surface area contributed by atoms with Crippen molar-refractivity contribution in [3.8, 4) is 0 Å². The van der Waals surface area contributed by atoms with Crippen LogP contribution in [0.3, 0.4) is 0 Å². The van der Waals surface area contributed by atoms with Gasteiger partial charge in [0.15, 0.2) is 0 Å². The summed E-state index contributed by atoms with van der Waals surface area (Å²) in [5.74, 6) is -0.132. The van der Waals surface area contributed by atoms with E-state index in [1.54, 1.807) is 0 Å². The van der Waals surface area contributed by atoms with Crippen LogP contribution in [0.4, 0.5) is 0 Å². The second-order valence-electron chi connectivity index (χ2n) is 6.70. The molecule has 0 amide bonds. The van der Waals surface area contributed by atoms with Crippen molar-refractivity contribution in [2.75, 3.05) is 40.8 Å². The maximum Gasteiger partial charge on any atom is 0.325 e. The smallest absolute Gasteiger partial charge is 0.325 e. The highest BCUT2D eigenvalue weighted by atomic mass is 16.5. The van der Waals surface area contributed by atoms with Crippen molar-refractivity contribution in [1.82, 2.24) is 15.1 Å². The van der Waals surface area contributed by atoms with E-state index in [0.717, 1.165) is 26.1 Å². The van der Waals surface area contributed by atoms with Crippen LogP contribution >= 0.6 is 0 Å². The molecule has 1 aliphatic heterocycles. The van der Waals surface area contributed by atoms with E-state index in [1.165, 1.54) is 26.4 Å². The minimum absolute atomic E-state index is 0.132. The lowest BCUT2D eigenvalue weighted by molar-refractivity contribution is -0.148. The summed E-state index contributed by atoms with van der Waals surface area (Å²) in [5.41, 5.74) is -0.536. The Balaban J connectivity index is 1.84. The van der Waals surface area contributed by atoms with Gasteiger partial charge in [-0.15, -0.1) is 0 Å². The minimum atomic E-state index is -0.536. The molecule has 0 aromatic carbocycles. The Kier molecular flexibility index (Phi) is 5.04. The molecular formula is C15H29N3O2. The topological polar surface area (TPSA) is 44.8 Å².